The average molecular weight is 286 g/mol. The monoisotopic (exact) mass is 286 g/mol. The van der Waals surface area contributed by atoms with Crippen molar-refractivity contribution in [2.24, 2.45) is 0 Å². The number of rotatable bonds is 5. The molecule has 1 heterocycles. The van der Waals surface area contributed by atoms with Crippen molar-refractivity contribution in [3.63, 3.8) is 0 Å². The molecule has 110 valence electrons. The summed E-state index contributed by atoms with van der Waals surface area (Å²) in [7, 11) is 3.89. The fourth-order valence-corrected chi connectivity index (χ4v) is 2.12. The second-order valence-electron chi connectivity index (χ2n) is 5.40. The maximum absolute atomic E-state index is 12.2. The van der Waals surface area contributed by atoms with Gasteiger partial charge in [0, 0.05) is 25.3 Å². The van der Waals surface area contributed by atoms with E-state index in [1.165, 1.54) is 0 Å². The predicted octanol–water partition coefficient (Wildman–Crippen LogP) is 1.00. The van der Waals surface area contributed by atoms with E-state index in [-0.39, 0.29) is 5.91 Å². The minimum Gasteiger partial charge on any atom is -0.378 e. The van der Waals surface area contributed by atoms with Crippen LogP contribution in [0.25, 0.3) is 0 Å². The van der Waals surface area contributed by atoms with Crippen molar-refractivity contribution in [2.45, 2.75) is 25.4 Å². The fourth-order valence-electron chi connectivity index (χ4n) is 2.12. The van der Waals surface area contributed by atoms with Crippen LogP contribution in [0.3, 0.4) is 0 Å². The number of amides is 1. The van der Waals surface area contributed by atoms with E-state index in [1.54, 1.807) is 10.7 Å². The first kappa shape index (κ1) is 13.5. The summed E-state index contributed by atoms with van der Waals surface area (Å²) in [5, 5.41) is 14.5. The Morgan fingerprint density at radius 3 is 2.95 bits per heavy atom. The largest absolute Gasteiger partial charge is 0.378 e. The molecule has 1 saturated carbocycles. The van der Waals surface area contributed by atoms with Crippen LogP contribution in [0.5, 0.6) is 0 Å². The average Bonchev–Trinajstić information content (AvgIpc) is 3.23. The van der Waals surface area contributed by atoms with Crippen molar-refractivity contribution < 1.29 is 4.79 Å². The van der Waals surface area contributed by atoms with Crippen molar-refractivity contribution in [3.05, 3.63) is 35.7 Å². The Kier molecular flexibility index (Phi) is 3.55. The van der Waals surface area contributed by atoms with Gasteiger partial charge in [-0.15, -0.1) is 5.10 Å². The van der Waals surface area contributed by atoms with Crippen LogP contribution in [0.4, 0.5) is 5.69 Å². The summed E-state index contributed by atoms with van der Waals surface area (Å²) in [6.07, 6.45) is 2.22. The third-order valence-electron chi connectivity index (χ3n) is 3.49. The maximum atomic E-state index is 12.2. The first-order chi connectivity index (χ1) is 10.1. The van der Waals surface area contributed by atoms with Gasteiger partial charge in [-0.2, -0.15) is 0 Å². The molecule has 1 N–H and O–H groups in total. The third kappa shape index (κ3) is 3.01. The van der Waals surface area contributed by atoms with E-state index in [4.69, 9.17) is 0 Å². The Morgan fingerprint density at radius 2 is 2.24 bits per heavy atom. The molecule has 7 heteroatoms. The second-order valence-corrected chi connectivity index (χ2v) is 5.40. The topological polar surface area (TPSA) is 75.9 Å². The lowest BCUT2D eigenvalue weighted by atomic mass is 10.2. The van der Waals surface area contributed by atoms with Crippen LogP contribution in [-0.2, 0) is 6.54 Å². The van der Waals surface area contributed by atoms with Gasteiger partial charge in [0.25, 0.3) is 5.91 Å². The Bertz CT molecular complexity index is 646. The van der Waals surface area contributed by atoms with Crippen LogP contribution >= 0.6 is 0 Å². The van der Waals surface area contributed by atoms with Crippen LogP contribution in [0.15, 0.2) is 24.3 Å². The molecule has 1 amide bonds. The number of hydrogen-bond donors (Lipinski definition) is 1. The van der Waals surface area contributed by atoms with Gasteiger partial charge in [0.15, 0.2) is 5.82 Å². The molecule has 0 bridgehead atoms. The molecule has 0 saturated heterocycles. The molecular formula is C14H18N6O. The molecule has 0 spiro atoms. The summed E-state index contributed by atoms with van der Waals surface area (Å²) in [6, 6.07) is 7.90. The van der Waals surface area contributed by atoms with Crippen LogP contribution in [-0.4, -0.2) is 40.2 Å². The number of tetrazole rings is 1. The molecular weight excluding hydrogens is 268 g/mol. The number of carbonyl (C=O) groups excluding carboxylic acids is 1. The first-order valence-electron chi connectivity index (χ1n) is 6.97. The summed E-state index contributed by atoms with van der Waals surface area (Å²) in [4.78, 5) is 14.2. The van der Waals surface area contributed by atoms with Crippen molar-refractivity contribution in [3.8, 4) is 0 Å². The van der Waals surface area contributed by atoms with Gasteiger partial charge in [-0.25, -0.2) is 4.68 Å². The normalized spacial score (nSPS) is 14.0. The lowest BCUT2D eigenvalue weighted by Gasteiger charge is -2.13. The van der Waals surface area contributed by atoms with E-state index in [9.17, 15) is 4.79 Å². The molecule has 1 aromatic carbocycles. The summed E-state index contributed by atoms with van der Waals surface area (Å²) in [6.45, 7) is 0.342. The predicted molar refractivity (Wildman–Crippen MR) is 78.0 cm³/mol. The molecule has 1 aliphatic rings. The first-order valence-corrected chi connectivity index (χ1v) is 6.97. The molecule has 0 atom stereocenters. The number of benzene rings is 1. The smallest absolute Gasteiger partial charge is 0.251 e. The van der Waals surface area contributed by atoms with Gasteiger partial charge in [0.2, 0.25) is 0 Å². The van der Waals surface area contributed by atoms with Gasteiger partial charge in [-0.3, -0.25) is 4.79 Å². The van der Waals surface area contributed by atoms with E-state index in [0.717, 1.165) is 18.5 Å². The Morgan fingerprint density at radius 1 is 1.43 bits per heavy atom. The summed E-state index contributed by atoms with van der Waals surface area (Å²) in [5.41, 5.74) is 1.62. The quantitative estimate of drug-likeness (QED) is 0.887. The number of anilines is 1. The minimum absolute atomic E-state index is 0.121. The zero-order chi connectivity index (χ0) is 14.8. The standard InChI is InChI=1S/C14H18N6O/c1-19(2)12-5-3-4-10(8-12)14(21)15-9-13-16-17-18-20(13)11-6-7-11/h3-5,8,11H,6-7,9H2,1-2H3,(H,15,21). The fraction of sp³-hybridized carbons (Fsp3) is 0.429. The highest BCUT2D eigenvalue weighted by molar-refractivity contribution is 5.95. The third-order valence-corrected chi connectivity index (χ3v) is 3.49. The van der Waals surface area contributed by atoms with E-state index >= 15 is 0 Å². The van der Waals surface area contributed by atoms with Crippen LogP contribution in [0, 0.1) is 0 Å². The van der Waals surface area contributed by atoms with Gasteiger partial charge in [0.05, 0.1) is 12.6 Å². The van der Waals surface area contributed by atoms with Gasteiger partial charge < -0.3 is 10.2 Å². The van der Waals surface area contributed by atoms with E-state index in [2.05, 4.69) is 20.8 Å². The number of nitrogens with zero attached hydrogens (tertiary/aromatic N) is 5. The Hall–Kier alpha value is -2.44. The highest BCUT2D eigenvalue weighted by atomic mass is 16.1. The van der Waals surface area contributed by atoms with Gasteiger partial charge in [-0.05, 0) is 41.5 Å². The number of hydrogen-bond acceptors (Lipinski definition) is 5. The zero-order valence-corrected chi connectivity index (χ0v) is 12.2. The molecule has 0 radical (unpaired) electrons. The van der Waals surface area contributed by atoms with Crippen molar-refractivity contribution in [1.29, 1.82) is 0 Å². The number of aromatic nitrogens is 4. The lowest BCUT2D eigenvalue weighted by Crippen LogP contribution is -2.25. The summed E-state index contributed by atoms with van der Waals surface area (Å²) in [5.74, 6) is 0.582. The Balaban J connectivity index is 1.66. The highest BCUT2D eigenvalue weighted by Crippen LogP contribution is 2.34. The van der Waals surface area contributed by atoms with Crippen molar-refractivity contribution >= 4 is 11.6 Å². The van der Waals surface area contributed by atoms with E-state index in [0.29, 0.717) is 24.0 Å². The van der Waals surface area contributed by atoms with E-state index < -0.39 is 0 Å². The molecule has 2 aromatic rings. The lowest BCUT2D eigenvalue weighted by molar-refractivity contribution is 0.0949. The summed E-state index contributed by atoms with van der Waals surface area (Å²) < 4.78 is 1.80. The van der Waals surface area contributed by atoms with Crippen LogP contribution < -0.4 is 10.2 Å². The molecule has 21 heavy (non-hydrogen) atoms. The van der Waals surface area contributed by atoms with Gasteiger partial charge in [0.1, 0.15) is 0 Å². The molecule has 3 rings (SSSR count). The number of carbonyl (C=O) groups is 1. The van der Waals surface area contributed by atoms with Gasteiger partial charge >= 0.3 is 0 Å². The van der Waals surface area contributed by atoms with Gasteiger partial charge in [-0.1, -0.05) is 6.07 Å². The highest BCUT2D eigenvalue weighted by Gasteiger charge is 2.27. The zero-order valence-electron chi connectivity index (χ0n) is 12.2. The SMILES string of the molecule is CN(C)c1cccc(C(=O)NCc2nnnn2C2CC2)c1. The second kappa shape index (κ2) is 5.51. The number of nitrogens with one attached hydrogen (secondary N) is 1. The Labute approximate surface area is 122 Å². The molecule has 7 nitrogen and oxygen atoms in total. The van der Waals surface area contributed by atoms with Crippen molar-refractivity contribution in [2.75, 3.05) is 19.0 Å². The summed E-state index contributed by atoms with van der Waals surface area (Å²) >= 11 is 0. The van der Waals surface area contributed by atoms with Crippen LogP contribution in [0.1, 0.15) is 35.1 Å². The maximum Gasteiger partial charge on any atom is 0.251 e. The minimum atomic E-state index is -0.121. The van der Waals surface area contributed by atoms with Crippen LogP contribution in [0.2, 0.25) is 0 Å². The molecule has 1 aromatic heterocycles. The molecule has 1 aliphatic carbocycles. The molecule has 0 unspecified atom stereocenters. The molecule has 0 aliphatic heterocycles. The molecule has 1 fully saturated rings. The van der Waals surface area contributed by atoms with Crippen molar-refractivity contribution in [1.82, 2.24) is 25.5 Å². The van der Waals surface area contributed by atoms with E-state index in [1.807, 2.05) is 37.2 Å².